The van der Waals surface area contributed by atoms with Gasteiger partial charge in [-0.1, -0.05) is 12.1 Å². The van der Waals surface area contributed by atoms with Crippen LogP contribution in [0.15, 0.2) is 36.7 Å². The Hall–Kier alpha value is -1.83. The Bertz CT molecular complexity index is 608. The second kappa shape index (κ2) is 2.58. The van der Waals surface area contributed by atoms with Crippen LogP contribution in [0.5, 0.6) is 0 Å². The van der Waals surface area contributed by atoms with Crippen LogP contribution in [0.1, 0.15) is 5.56 Å². The molecule has 0 bridgehead atoms. The number of aromatic nitrogens is 2. The van der Waals surface area contributed by atoms with Crippen molar-refractivity contribution in [3.8, 4) is 0 Å². The number of aryl methyl sites for hydroxylation is 1. The highest BCUT2D eigenvalue weighted by atomic mass is 14.7. The van der Waals surface area contributed by atoms with Crippen molar-refractivity contribution in [2.45, 2.75) is 6.92 Å². The summed E-state index contributed by atoms with van der Waals surface area (Å²) in [5.74, 6) is 0. The third kappa shape index (κ3) is 0.940. The lowest BCUT2D eigenvalue weighted by atomic mass is 10.1. The van der Waals surface area contributed by atoms with Gasteiger partial charge in [0.25, 0.3) is 0 Å². The van der Waals surface area contributed by atoms with Crippen molar-refractivity contribution in [3.63, 3.8) is 0 Å². The number of nitrogens with zero attached hydrogens (tertiary/aromatic N) is 1. The molecule has 2 heterocycles. The topological polar surface area (TPSA) is 28.7 Å². The van der Waals surface area contributed by atoms with Gasteiger partial charge >= 0.3 is 0 Å². The molecule has 1 N–H and O–H groups in total. The smallest absolute Gasteiger partial charge is 0.0651 e. The minimum absolute atomic E-state index is 1.10. The van der Waals surface area contributed by atoms with Crippen LogP contribution < -0.4 is 0 Å². The number of nitrogens with one attached hydrogen (secondary N) is 1. The van der Waals surface area contributed by atoms with Crippen LogP contribution in [0.2, 0.25) is 0 Å². The average Bonchev–Trinajstić information content (AvgIpc) is 2.54. The zero-order valence-corrected chi connectivity index (χ0v) is 7.91. The first-order chi connectivity index (χ1) is 6.84. The van der Waals surface area contributed by atoms with Gasteiger partial charge in [-0.3, -0.25) is 4.98 Å². The number of pyridine rings is 1. The third-order valence-corrected chi connectivity index (χ3v) is 2.56. The molecule has 68 valence electrons. The molecule has 2 nitrogen and oxygen atoms in total. The Balaban J connectivity index is 2.57. The molecule has 0 spiro atoms. The van der Waals surface area contributed by atoms with Crippen molar-refractivity contribution < 1.29 is 0 Å². The summed E-state index contributed by atoms with van der Waals surface area (Å²) in [6.07, 6.45) is 3.69. The Morgan fingerprint density at radius 1 is 1.07 bits per heavy atom. The molecule has 0 unspecified atom stereocenters. The monoisotopic (exact) mass is 182 g/mol. The lowest BCUT2D eigenvalue weighted by Crippen LogP contribution is -1.70. The van der Waals surface area contributed by atoms with E-state index in [9.17, 15) is 0 Å². The maximum atomic E-state index is 4.10. The molecule has 0 aliphatic carbocycles. The quantitative estimate of drug-likeness (QED) is 0.568. The highest BCUT2D eigenvalue weighted by molar-refractivity contribution is 6.06. The molecule has 3 aromatic rings. The molecular weight excluding hydrogens is 172 g/mol. The van der Waals surface area contributed by atoms with Crippen molar-refractivity contribution in [1.82, 2.24) is 9.97 Å². The average molecular weight is 182 g/mol. The van der Waals surface area contributed by atoms with Crippen LogP contribution in [0.4, 0.5) is 0 Å². The normalized spacial score (nSPS) is 11.2. The van der Waals surface area contributed by atoms with Crippen molar-refractivity contribution >= 4 is 21.8 Å². The summed E-state index contributed by atoms with van der Waals surface area (Å²) in [6, 6.07) is 8.50. The Morgan fingerprint density at radius 3 is 2.86 bits per heavy atom. The Morgan fingerprint density at radius 2 is 1.93 bits per heavy atom. The van der Waals surface area contributed by atoms with E-state index in [1.807, 2.05) is 18.5 Å². The largest absolute Gasteiger partial charge is 0.353 e. The highest BCUT2D eigenvalue weighted by Gasteiger charge is 2.02. The summed E-state index contributed by atoms with van der Waals surface area (Å²) < 4.78 is 0. The second-order valence-corrected chi connectivity index (χ2v) is 3.60. The molecular formula is C12H10N2. The number of fused-ring (bicyclic) bond motifs is 3. The molecule has 0 saturated heterocycles. The summed E-state index contributed by atoms with van der Waals surface area (Å²) in [4.78, 5) is 7.46. The van der Waals surface area contributed by atoms with Gasteiger partial charge in [0, 0.05) is 22.5 Å². The van der Waals surface area contributed by atoms with Crippen LogP contribution in [0, 0.1) is 6.92 Å². The summed E-state index contributed by atoms with van der Waals surface area (Å²) in [7, 11) is 0. The molecule has 3 rings (SSSR count). The minimum atomic E-state index is 1.10. The minimum Gasteiger partial charge on any atom is -0.353 e. The first-order valence-corrected chi connectivity index (χ1v) is 4.67. The van der Waals surface area contributed by atoms with E-state index < -0.39 is 0 Å². The fourth-order valence-corrected chi connectivity index (χ4v) is 1.87. The number of H-pyrrole nitrogens is 1. The lowest BCUT2D eigenvalue weighted by molar-refractivity contribution is 1.35. The van der Waals surface area contributed by atoms with E-state index in [1.54, 1.807) is 0 Å². The van der Waals surface area contributed by atoms with E-state index in [0.717, 1.165) is 5.52 Å². The van der Waals surface area contributed by atoms with Gasteiger partial charge in [-0.05, 0) is 24.6 Å². The van der Waals surface area contributed by atoms with Crippen LogP contribution >= 0.6 is 0 Å². The zero-order valence-electron chi connectivity index (χ0n) is 7.91. The molecule has 1 aromatic carbocycles. The van der Waals surface area contributed by atoms with E-state index in [-0.39, 0.29) is 0 Å². The lowest BCUT2D eigenvalue weighted by Gasteiger charge is -1.92. The van der Waals surface area contributed by atoms with Crippen molar-refractivity contribution in [2.24, 2.45) is 0 Å². The summed E-state index contributed by atoms with van der Waals surface area (Å²) in [6.45, 7) is 2.10. The summed E-state index contributed by atoms with van der Waals surface area (Å²) >= 11 is 0. The van der Waals surface area contributed by atoms with Gasteiger partial charge in [-0.2, -0.15) is 0 Å². The third-order valence-electron chi connectivity index (χ3n) is 2.56. The number of benzene rings is 1. The molecule has 0 amide bonds. The summed E-state index contributed by atoms with van der Waals surface area (Å²) in [5.41, 5.74) is 3.57. The van der Waals surface area contributed by atoms with Gasteiger partial charge in [0.2, 0.25) is 0 Å². The van der Waals surface area contributed by atoms with Crippen LogP contribution in [-0.2, 0) is 0 Å². The van der Waals surface area contributed by atoms with E-state index >= 15 is 0 Å². The van der Waals surface area contributed by atoms with Crippen molar-refractivity contribution in [2.75, 3.05) is 0 Å². The van der Waals surface area contributed by atoms with E-state index in [1.165, 1.54) is 21.9 Å². The molecule has 0 aliphatic rings. The van der Waals surface area contributed by atoms with Gasteiger partial charge in [0.1, 0.15) is 0 Å². The maximum Gasteiger partial charge on any atom is 0.0651 e. The molecule has 0 radical (unpaired) electrons. The molecule has 2 heteroatoms. The fourth-order valence-electron chi connectivity index (χ4n) is 1.87. The van der Waals surface area contributed by atoms with E-state index in [0.29, 0.717) is 0 Å². The predicted molar refractivity (Wildman–Crippen MR) is 58.3 cm³/mol. The van der Waals surface area contributed by atoms with E-state index in [2.05, 4.69) is 35.1 Å². The maximum absolute atomic E-state index is 4.10. The van der Waals surface area contributed by atoms with Gasteiger partial charge in [0.15, 0.2) is 0 Å². The predicted octanol–water partition coefficient (Wildman–Crippen LogP) is 3.02. The van der Waals surface area contributed by atoms with Crippen molar-refractivity contribution in [3.05, 3.63) is 42.2 Å². The number of hydrogen-bond donors (Lipinski definition) is 1. The van der Waals surface area contributed by atoms with Crippen LogP contribution in [0.3, 0.4) is 0 Å². The SMILES string of the molecule is Cc1ccc2c(c1)[nH]c1cnccc12. The standard InChI is InChI=1S/C12H10N2/c1-8-2-3-9-10-4-5-13-7-12(10)14-11(9)6-8/h2-7,14H,1H3. The first kappa shape index (κ1) is 7.56. The van der Waals surface area contributed by atoms with Gasteiger partial charge in [0.05, 0.1) is 11.7 Å². The molecule has 0 aliphatic heterocycles. The fraction of sp³-hybridized carbons (Fsp3) is 0.0833. The second-order valence-electron chi connectivity index (χ2n) is 3.60. The van der Waals surface area contributed by atoms with Gasteiger partial charge in [-0.15, -0.1) is 0 Å². The zero-order chi connectivity index (χ0) is 9.54. The molecule has 0 fully saturated rings. The highest BCUT2D eigenvalue weighted by Crippen LogP contribution is 2.24. The van der Waals surface area contributed by atoms with Gasteiger partial charge in [-0.25, -0.2) is 0 Å². The number of rotatable bonds is 0. The molecule has 0 saturated carbocycles. The van der Waals surface area contributed by atoms with Gasteiger partial charge < -0.3 is 4.98 Å². The van der Waals surface area contributed by atoms with Crippen LogP contribution in [0.25, 0.3) is 21.8 Å². The Labute approximate surface area is 81.6 Å². The molecule has 0 atom stereocenters. The Kier molecular flexibility index (Phi) is 1.39. The number of hydrogen-bond acceptors (Lipinski definition) is 1. The number of aromatic amines is 1. The first-order valence-electron chi connectivity index (χ1n) is 4.67. The van der Waals surface area contributed by atoms with Crippen LogP contribution in [-0.4, -0.2) is 9.97 Å². The van der Waals surface area contributed by atoms with E-state index in [4.69, 9.17) is 0 Å². The summed E-state index contributed by atoms with van der Waals surface area (Å²) in [5, 5.41) is 2.52. The molecule has 14 heavy (non-hydrogen) atoms. The van der Waals surface area contributed by atoms with Crippen molar-refractivity contribution in [1.29, 1.82) is 0 Å². The molecule has 2 aromatic heterocycles.